The highest BCUT2D eigenvalue weighted by Crippen LogP contribution is 2.26. The summed E-state index contributed by atoms with van der Waals surface area (Å²) >= 11 is 0. The van der Waals surface area contributed by atoms with Crippen molar-refractivity contribution in [1.82, 2.24) is 4.90 Å². The van der Waals surface area contributed by atoms with Gasteiger partial charge in [0.05, 0.1) is 12.7 Å². The zero-order valence-corrected chi connectivity index (χ0v) is 13.5. The molecule has 1 N–H and O–H groups in total. The van der Waals surface area contributed by atoms with Crippen LogP contribution in [0, 0.1) is 0 Å². The van der Waals surface area contributed by atoms with Crippen LogP contribution in [0.1, 0.15) is 24.2 Å². The molecule has 3 heteroatoms. The predicted octanol–water partition coefficient (Wildman–Crippen LogP) is 3.10. The average Bonchev–Trinajstić information content (AvgIpc) is 2.56. The quantitative estimate of drug-likeness (QED) is 0.852. The van der Waals surface area contributed by atoms with Gasteiger partial charge in [-0.05, 0) is 32.1 Å². The Morgan fingerprint density at radius 3 is 1.77 bits per heavy atom. The predicted molar refractivity (Wildman–Crippen MR) is 89.8 cm³/mol. The van der Waals surface area contributed by atoms with Gasteiger partial charge < -0.3 is 14.7 Å². The maximum absolute atomic E-state index is 10.3. The summed E-state index contributed by atoms with van der Waals surface area (Å²) in [5.74, 6) is 0. The van der Waals surface area contributed by atoms with E-state index in [0.29, 0.717) is 6.61 Å². The van der Waals surface area contributed by atoms with Gasteiger partial charge in [-0.1, -0.05) is 60.7 Å². The Kier molecular flexibility index (Phi) is 6.13. The van der Waals surface area contributed by atoms with E-state index in [1.54, 1.807) is 0 Å². The maximum Gasteiger partial charge on any atom is 0.108 e. The Morgan fingerprint density at radius 2 is 1.36 bits per heavy atom. The molecular formula is C19H25NO2. The van der Waals surface area contributed by atoms with Crippen molar-refractivity contribution in [2.45, 2.75) is 25.2 Å². The molecule has 0 saturated carbocycles. The summed E-state index contributed by atoms with van der Waals surface area (Å²) in [6.45, 7) is 2.29. The van der Waals surface area contributed by atoms with Crippen LogP contribution in [0.3, 0.4) is 0 Å². The fourth-order valence-corrected chi connectivity index (χ4v) is 2.32. The summed E-state index contributed by atoms with van der Waals surface area (Å²) in [6, 6.07) is 20.3. The van der Waals surface area contributed by atoms with Crippen LogP contribution >= 0.6 is 0 Å². The van der Waals surface area contributed by atoms with Gasteiger partial charge in [0.2, 0.25) is 0 Å². The number of likely N-dealkylation sites (N-methyl/N-ethyl adjacent to an activating group) is 1. The fraction of sp³-hybridized carbons (Fsp3) is 0.368. The van der Waals surface area contributed by atoms with Crippen molar-refractivity contribution in [3.05, 3.63) is 71.8 Å². The van der Waals surface area contributed by atoms with E-state index in [4.69, 9.17) is 4.74 Å². The Morgan fingerprint density at radius 1 is 0.909 bits per heavy atom. The number of rotatable bonds is 7. The molecule has 0 aliphatic heterocycles. The topological polar surface area (TPSA) is 32.7 Å². The van der Waals surface area contributed by atoms with E-state index in [-0.39, 0.29) is 12.1 Å². The second kappa shape index (κ2) is 8.08. The zero-order valence-electron chi connectivity index (χ0n) is 13.5. The molecule has 0 aromatic heterocycles. The van der Waals surface area contributed by atoms with Gasteiger partial charge in [-0.3, -0.25) is 0 Å². The van der Waals surface area contributed by atoms with Gasteiger partial charge in [0.25, 0.3) is 0 Å². The highest BCUT2D eigenvalue weighted by molar-refractivity contribution is 5.29. The number of hydrogen-bond acceptors (Lipinski definition) is 3. The SMILES string of the molecule is C[C@@H]([C@H](O)COC(c1ccccc1)c1ccccc1)N(C)C. The van der Waals surface area contributed by atoms with Gasteiger partial charge >= 0.3 is 0 Å². The van der Waals surface area contributed by atoms with Crippen molar-refractivity contribution in [2.75, 3.05) is 20.7 Å². The van der Waals surface area contributed by atoms with Crippen molar-refractivity contribution in [2.24, 2.45) is 0 Å². The lowest BCUT2D eigenvalue weighted by atomic mass is 10.0. The lowest BCUT2D eigenvalue weighted by molar-refractivity contribution is -0.0232. The molecule has 2 aromatic carbocycles. The van der Waals surface area contributed by atoms with E-state index < -0.39 is 6.10 Å². The van der Waals surface area contributed by atoms with E-state index >= 15 is 0 Å². The van der Waals surface area contributed by atoms with E-state index in [9.17, 15) is 5.11 Å². The Hall–Kier alpha value is -1.68. The van der Waals surface area contributed by atoms with E-state index in [0.717, 1.165) is 11.1 Å². The van der Waals surface area contributed by atoms with Crippen LogP contribution in [0.2, 0.25) is 0 Å². The van der Waals surface area contributed by atoms with Gasteiger partial charge in [-0.25, -0.2) is 0 Å². The Balaban J connectivity index is 2.13. The number of aliphatic hydroxyl groups excluding tert-OH is 1. The third kappa shape index (κ3) is 4.41. The fourth-order valence-electron chi connectivity index (χ4n) is 2.32. The molecule has 2 aromatic rings. The smallest absolute Gasteiger partial charge is 0.108 e. The molecule has 118 valence electrons. The second-order valence-corrected chi connectivity index (χ2v) is 5.81. The van der Waals surface area contributed by atoms with Crippen LogP contribution in [0.15, 0.2) is 60.7 Å². The third-order valence-corrected chi connectivity index (χ3v) is 4.01. The molecule has 0 aliphatic carbocycles. The van der Waals surface area contributed by atoms with Crippen molar-refractivity contribution in [1.29, 1.82) is 0 Å². The van der Waals surface area contributed by atoms with E-state index in [2.05, 4.69) is 24.3 Å². The first kappa shape index (κ1) is 16.7. The van der Waals surface area contributed by atoms with Crippen LogP contribution in [0.4, 0.5) is 0 Å². The van der Waals surface area contributed by atoms with Crippen molar-refractivity contribution in [3.63, 3.8) is 0 Å². The van der Waals surface area contributed by atoms with Gasteiger partial charge in [0, 0.05) is 6.04 Å². The summed E-state index contributed by atoms with van der Waals surface area (Å²) in [4.78, 5) is 1.99. The lowest BCUT2D eigenvalue weighted by Crippen LogP contribution is -2.39. The molecule has 2 rings (SSSR count). The van der Waals surface area contributed by atoms with Crippen LogP contribution in [0.25, 0.3) is 0 Å². The largest absolute Gasteiger partial charge is 0.389 e. The van der Waals surface area contributed by atoms with Crippen LogP contribution < -0.4 is 0 Å². The second-order valence-electron chi connectivity index (χ2n) is 5.81. The van der Waals surface area contributed by atoms with Gasteiger partial charge in [-0.2, -0.15) is 0 Å². The third-order valence-electron chi connectivity index (χ3n) is 4.01. The molecule has 0 spiro atoms. The van der Waals surface area contributed by atoms with Crippen LogP contribution in [0.5, 0.6) is 0 Å². The molecule has 3 nitrogen and oxygen atoms in total. The first-order valence-corrected chi connectivity index (χ1v) is 7.65. The molecule has 0 aliphatic rings. The first-order chi connectivity index (χ1) is 10.6. The summed E-state index contributed by atoms with van der Waals surface area (Å²) in [6.07, 6.45) is -0.684. The molecule has 0 bridgehead atoms. The number of benzene rings is 2. The molecule has 22 heavy (non-hydrogen) atoms. The number of ether oxygens (including phenoxy) is 1. The Labute approximate surface area is 133 Å². The average molecular weight is 299 g/mol. The minimum absolute atomic E-state index is 0.0483. The molecule has 0 unspecified atom stereocenters. The summed E-state index contributed by atoms with van der Waals surface area (Å²) in [5, 5.41) is 10.3. The van der Waals surface area contributed by atoms with Crippen molar-refractivity contribution >= 4 is 0 Å². The molecule has 0 fully saturated rings. The molecule has 2 atom stereocenters. The lowest BCUT2D eigenvalue weighted by Gasteiger charge is -2.27. The van der Waals surface area contributed by atoms with E-state index in [1.807, 2.05) is 62.3 Å². The zero-order chi connectivity index (χ0) is 15.9. The van der Waals surface area contributed by atoms with Gasteiger partial charge in [0.1, 0.15) is 6.10 Å². The highest BCUT2D eigenvalue weighted by atomic mass is 16.5. The molecule has 0 heterocycles. The molecular weight excluding hydrogens is 274 g/mol. The monoisotopic (exact) mass is 299 g/mol. The van der Waals surface area contributed by atoms with Crippen molar-refractivity contribution < 1.29 is 9.84 Å². The summed E-state index contributed by atoms with van der Waals surface area (Å²) < 4.78 is 6.07. The summed E-state index contributed by atoms with van der Waals surface area (Å²) in [5.41, 5.74) is 2.19. The maximum atomic E-state index is 10.3. The minimum atomic E-state index is -0.523. The van der Waals surface area contributed by atoms with Gasteiger partial charge in [0.15, 0.2) is 0 Å². The number of aliphatic hydroxyl groups is 1. The highest BCUT2D eigenvalue weighted by Gasteiger charge is 2.20. The molecule has 0 amide bonds. The molecule has 0 radical (unpaired) electrons. The van der Waals surface area contributed by atoms with Crippen molar-refractivity contribution in [3.8, 4) is 0 Å². The Bertz CT molecular complexity index is 502. The number of hydrogen-bond donors (Lipinski definition) is 1. The standard InChI is InChI=1S/C19H25NO2/c1-15(20(2)3)18(21)14-22-19(16-10-6-4-7-11-16)17-12-8-5-9-13-17/h4-13,15,18-19,21H,14H2,1-3H3/t15-,18+/m0/s1. The normalized spacial score (nSPS) is 14.3. The van der Waals surface area contributed by atoms with Crippen LogP contribution in [-0.2, 0) is 4.74 Å². The molecule has 0 saturated heterocycles. The van der Waals surface area contributed by atoms with E-state index in [1.165, 1.54) is 0 Å². The minimum Gasteiger partial charge on any atom is -0.389 e. The first-order valence-electron chi connectivity index (χ1n) is 7.65. The summed E-state index contributed by atoms with van der Waals surface area (Å²) in [7, 11) is 3.92. The van der Waals surface area contributed by atoms with Crippen LogP contribution in [-0.4, -0.2) is 42.9 Å². The number of nitrogens with zero attached hydrogens (tertiary/aromatic N) is 1. The van der Waals surface area contributed by atoms with Gasteiger partial charge in [-0.15, -0.1) is 0 Å².